The Bertz CT molecular complexity index is 1150. The third kappa shape index (κ3) is 4.48. The van der Waals surface area contributed by atoms with Crippen molar-refractivity contribution >= 4 is 27.3 Å². The van der Waals surface area contributed by atoms with Gasteiger partial charge in [0.15, 0.2) is 11.5 Å². The lowest BCUT2D eigenvalue weighted by Crippen LogP contribution is -2.29. The summed E-state index contributed by atoms with van der Waals surface area (Å²) in [6.45, 7) is 3.23. The van der Waals surface area contributed by atoms with Gasteiger partial charge >= 0.3 is 6.18 Å². The van der Waals surface area contributed by atoms with Gasteiger partial charge in [0.05, 0.1) is 9.90 Å². The van der Waals surface area contributed by atoms with Gasteiger partial charge in [-0.15, -0.1) is 11.3 Å². The van der Waals surface area contributed by atoms with Crippen LogP contribution in [0.2, 0.25) is 0 Å². The second-order valence-corrected chi connectivity index (χ2v) is 8.69. The highest BCUT2D eigenvalue weighted by molar-refractivity contribution is 7.90. The molecule has 2 heterocycles. The van der Waals surface area contributed by atoms with E-state index in [0.29, 0.717) is 5.01 Å². The molecule has 0 aliphatic carbocycles. The average Bonchev–Trinajstić information content (AvgIpc) is 3.27. The molecule has 29 heavy (non-hydrogen) atoms. The monoisotopic (exact) mass is 444 g/mol. The van der Waals surface area contributed by atoms with Crippen molar-refractivity contribution in [3.63, 3.8) is 0 Å². The molecule has 1 aromatic carbocycles. The van der Waals surface area contributed by atoms with E-state index >= 15 is 0 Å². The van der Waals surface area contributed by atoms with Crippen molar-refractivity contribution in [2.45, 2.75) is 31.3 Å². The zero-order chi connectivity index (χ0) is 21.4. The normalized spacial score (nSPS) is 12.2. The van der Waals surface area contributed by atoms with Gasteiger partial charge in [-0.3, -0.25) is 9.36 Å². The molecular formula is C17H15F3N4O3S2. The Balaban J connectivity index is 2.04. The van der Waals surface area contributed by atoms with Crippen molar-refractivity contribution in [1.82, 2.24) is 19.3 Å². The fourth-order valence-corrected chi connectivity index (χ4v) is 4.07. The van der Waals surface area contributed by atoms with E-state index in [1.165, 1.54) is 47.1 Å². The number of carbonyl (C=O) groups is 1. The molecule has 2 aromatic heterocycles. The molecule has 12 heteroatoms. The van der Waals surface area contributed by atoms with E-state index in [2.05, 4.69) is 9.97 Å². The SMILES string of the molecule is CCC(=O)NS(=O)(=O)c1ccc(-n2cc(C(F)(F)F)nc2-c2csc(C)n2)cc1. The lowest BCUT2D eigenvalue weighted by atomic mass is 10.3. The lowest BCUT2D eigenvalue weighted by Gasteiger charge is -2.09. The molecule has 0 bridgehead atoms. The summed E-state index contributed by atoms with van der Waals surface area (Å²) in [6.07, 6.45) is -3.84. The van der Waals surface area contributed by atoms with E-state index in [1.54, 1.807) is 12.3 Å². The lowest BCUT2D eigenvalue weighted by molar-refractivity contribution is -0.140. The minimum Gasteiger partial charge on any atom is -0.298 e. The molecule has 0 spiro atoms. The summed E-state index contributed by atoms with van der Waals surface area (Å²) in [7, 11) is -4.06. The van der Waals surface area contributed by atoms with Crippen LogP contribution in [-0.2, 0) is 21.0 Å². The highest BCUT2D eigenvalue weighted by atomic mass is 32.2. The number of aryl methyl sites for hydroxylation is 1. The minimum atomic E-state index is -4.65. The predicted molar refractivity (Wildman–Crippen MR) is 100 cm³/mol. The summed E-state index contributed by atoms with van der Waals surface area (Å²) in [5, 5.41) is 2.25. The first-order valence-corrected chi connectivity index (χ1v) is 10.6. The number of alkyl halides is 3. The number of imidazole rings is 1. The zero-order valence-electron chi connectivity index (χ0n) is 15.2. The number of amides is 1. The first-order valence-electron chi connectivity index (χ1n) is 8.26. The quantitative estimate of drug-likeness (QED) is 0.650. The maximum atomic E-state index is 13.2. The van der Waals surface area contributed by atoms with Crippen LogP contribution in [0.1, 0.15) is 24.0 Å². The van der Waals surface area contributed by atoms with E-state index in [-0.39, 0.29) is 28.5 Å². The van der Waals surface area contributed by atoms with Crippen molar-refractivity contribution in [3.05, 3.63) is 46.5 Å². The van der Waals surface area contributed by atoms with E-state index in [4.69, 9.17) is 0 Å². The molecule has 0 fully saturated rings. The Morgan fingerprint density at radius 3 is 2.38 bits per heavy atom. The van der Waals surface area contributed by atoms with Crippen molar-refractivity contribution in [2.75, 3.05) is 0 Å². The van der Waals surface area contributed by atoms with E-state index in [0.717, 1.165) is 6.20 Å². The number of hydrogen-bond acceptors (Lipinski definition) is 6. The second-order valence-electron chi connectivity index (χ2n) is 5.95. The van der Waals surface area contributed by atoms with Gasteiger partial charge in [-0.2, -0.15) is 13.2 Å². The Labute approximate surface area is 168 Å². The molecule has 0 atom stereocenters. The molecule has 0 unspecified atom stereocenters. The van der Waals surface area contributed by atoms with Crippen molar-refractivity contribution < 1.29 is 26.4 Å². The van der Waals surface area contributed by atoms with Gasteiger partial charge in [-0.25, -0.2) is 23.1 Å². The predicted octanol–water partition coefficient (Wildman–Crippen LogP) is 3.54. The highest BCUT2D eigenvalue weighted by Gasteiger charge is 2.35. The number of rotatable bonds is 5. The average molecular weight is 444 g/mol. The van der Waals surface area contributed by atoms with Gasteiger partial charge in [0.2, 0.25) is 5.91 Å². The molecule has 0 radical (unpaired) electrons. The summed E-state index contributed by atoms with van der Waals surface area (Å²) < 4.78 is 67.0. The molecule has 0 aliphatic heterocycles. The van der Waals surface area contributed by atoms with Gasteiger partial charge < -0.3 is 0 Å². The van der Waals surface area contributed by atoms with Crippen LogP contribution >= 0.6 is 11.3 Å². The second kappa shape index (κ2) is 7.59. The number of nitrogens with one attached hydrogen (secondary N) is 1. The Hall–Kier alpha value is -2.73. The first-order chi connectivity index (χ1) is 13.5. The maximum absolute atomic E-state index is 13.2. The number of hydrogen-bond donors (Lipinski definition) is 1. The fourth-order valence-electron chi connectivity index (χ4n) is 2.43. The third-order valence-corrected chi connectivity index (χ3v) is 6.00. The fraction of sp³-hybridized carbons (Fsp3) is 0.235. The van der Waals surface area contributed by atoms with Gasteiger partial charge in [0.25, 0.3) is 10.0 Å². The highest BCUT2D eigenvalue weighted by Crippen LogP contribution is 2.33. The number of nitrogens with zero attached hydrogens (tertiary/aromatic N) is 3. The van der Waals surface area contributed by atoms with Gasteiger partial charge in [0.1, 0.15) is 5.69 Å². The summed E-state index contributed by atoms with van der Waals surface area (Å²) in [4.78, 5) is 19.0. The molecule has 3 aromatic rings. The molecule has 0 saturated heterocycles. The van der Waals surface area contributed by atoms with Crippen molar-refractivity contribution in [1.29, 1.82) is 0 Å². The molecule has 0 aliphatic rings. The first kappa shape index (κ1) is 21.0. The Morgan fingerprint density at radius 2 is 1.86 bits per heavy atom. The number of thiazole rings is 1. The maximum Gasteiger partial charge on any atom is 0.434 e. The van der Waals surface area contributed by atoms with Crippen molar-refractivity contribution in [3.8, 4) is 17.2 Å². The van der Waals surface area contributed by atoms with E-state index in [1.807, 2.05) is 4.72 Å². The van der Waals surface area contributed by atoms with Crippen LogP contribution in [0.25, 0.3) is 17.2 Å². The number of carbonyl (C=O) groups excluding carboxylic acids is 1. The van der Waals surface area contributed by atoms with Gasteiger partial charge in [0, 0.05) is 23.7 Å². The largest absolute Gasteiger partial charge is 0.434 e. The Kier molecular flexibility index (Phi) is 5.50. The van der Waals surface area contributed by atoms with E-state index in [9.17, 15) is 26.4 Å². The Morgan fingerprint density at radius 1 is 1.21 bits per heavy atom. The molecule has 0 saturated carbocycles. The van der Waals surface area contributed by atoms with Crippen LogP contribution in [0.5, 0.6) is 0 Å². The van der Waals surface area contributed by atoms with E-state index < -0.39 is 27.8 Å². The smallest absolute Gasteiger partial charge is 0.298 e. The number of sulfonamides is 1. The number of halogens is 3. The van der Waals surface area contributed by atoms with Crippen molar-refractivity contribution in [2.24, 2.45) is 0 Å². The molecule has 1 amide bonds. The van der Waals surface area contributed by atoms with Gasteiger partial charge in [-0.05, 0) is 31.2 Å². The molecular weight excluding hydrogens is 429 g/mol. The standard InChI is InChI=1S/C17H15F3N4O3S2/c1-3-15(25)23-29(26,27)12-6-4-11(5-7-12)24-8-14(17(18,19)20)22-16(24)13-9-28-10(2)21-13/h4-9H,3H2,1-2H3,(H,23,25). The van der Waals surface area contributed by atoms with Crippen LogP contribution in [0, 0.1) is 6.92 Å². The van der Waals surface area contributed by atoms with Crippen LogP contribution in [0.4, 0.5) is 13.2 Å². The van der Waals surface area contributed by atoms with Gasteiger partial charge in [-0.1, -0.05) is 6.92 Å². The molecule has 1 N–H and O–H groups in total. The molecule has 7 nitrogen and oxygen atoms in total. The number of aromatic nitrogens is 3. The molecule has 154 valence electrons. The summed E-state index contributed by atoms with van der Waals surface area (Å²) in [5.41, 5.74) is -0.561. The minimum absolute atomic E-state index is 0.0109. The van der Waals surface area contributed by atoms with Crippen LogP contribution in [0.15, 0.2) is 40.7 Å². The number of benzene rings is 1. The van der Waals surface area contributed by atoms with Crippen LogP contribution < -0.4 is 4.72 Å². The topological polar surface area (TPSA) is 94.0 Å². The summed E-state index contributed by atoms with van der Waals surface area (Å²) >= 11 is 1.27. The van der Waals surface area contributed by atoms with Crippen LogP contribution in [0.3, 0.4) is 0 Å². The molecule has 3 rings (SSSR count). The zero-order valence-corrected chi connectivity index (χ0v) is 16.8. The third-order valence-electron chi connectivity index (χ3n) is 3.84. The summed E-state index contributed by atoms with van der Waals surface area (Å²) in [5.74, 6) is -0.684. The summed E-state index contributed by atoms with van der Waals surface area (Å²) in [6, 6.07) is 5.05. The van der Waals surface area contributed by atoms with Crippen LogP contribution in [-0.4, -0.2) is 28.9 Å².